The quantitative estimate of drug-likeness (QED) is 0.824. The van der Waals surface area contributed by atoms with E-state index in [2.05, 4.69) is 5.32 Å². The highest BCUT2D eigenvalue weighted by molar-refractivity contribution is 6.02. The first-order chi connectivity index (χ1) is 13.7. The maximum Gasteiger partial charge on any atom is 0.265 e. The van der Waals surface area contributed by atoms with Crippen LogP contribution in [0.1, 0.15) is 11.6 Å². The number of ether oxygens (including phenoxy) is 2. The van der Waals surface area contributed by atoms with Crippen LogP contribution in [0.15, 0.2) is 48.5 Å². The van der Waals surface area contributed by atoms with E-state index in [1.807, 2.05) is 47.4 Å². The number of rotatable bonds is 4. The Labute approximate surface area is 176 Å². The number of carbonyl (C=O) groups is 2. The van der Waals surface area contributed by atoms with Gasteiger partial charge in [0.05, 0.1) is 18.8 Å². The van der Waals surface area contributed by atoms with Crippen LogP contribution in [0.25, 0.3) is 0 Å². The molecule has 2 amide bonds. The third-order valence-electron chi connectivity index (χ3n) is 5.16. The number of hydrogen-bond donors (Lipinski definition) is 1. The summed E-state index contributed by atoms with van der Waals surface area (Å²) in [6, 6.07) is 14.9. The second kappa shape index (κ2) is 9.15. The van der Waals surface area contributed by atoms with Gasteiger partial charge >= 0.3 is 0 Å². The zero-order valence-electron chi connectivity index (χ0n) is 16.2. The van der Waals surface area contributed by atoms with Gasteiger partial charge < -0.3 is 19.7 Å². The highest BCUT2D eigenvalue weighted by Crippen LogP contribution is 2.33. The average molecular weight is 418 g/mol. The highest BCUT2D eigenvalue weighted by atomic mass is 35.5. The van der Waals surface area contributed by atoms with E-state index in [0.29, 0.717) is 31.1 Å². The molecule has 1 N–H and O–H groups in total. The van der Waals surface area contributed by atoms with Crippen LogP contribution in [0, 0.1) is 0 Å². The van der Waals surface area contributed by atoms with Crippen molar-refractivity contribution in [2.75, 3.05) is 44.8 Å². The normalized spacial score (nSPS) is 18.4. The summed E-state index contributed by atoms with van der Waals surface area (Å²) in [5, 5.41) is 3.35. The molecule has 4 rings (SSSR count). The Bertz CT molecular complexity index is 892. The van der Waals surface area contributed by atoms with E-state index < -0.39 is 0 Å². The number of methoxy groups -OCH3 is 1. The Morgan fingerprint density at radius 1 is 1.21 bits per heavy atom. The molecule has 2 aromatic rings. The lowest BCUT2D eigenvalue weighted by molar-refractivity contribution is -0.134. The molecule has 29 heavy (non-hydrogen) atoms. The number of carbonyl (C=O) groups excluding carboxylic acids is 2. The Balaban J connectivity index is 0.00000240. The second-order valence-electron chi connectivity index (χ2n) is 6.79. The number of anilines is 1. The van der Waals surface area contributed by atoms with Crippen molar-refractivity contribution in [3.8, 4) is 11.5 Å². The molecule has 0 bridgehead atoms. The van der Waals surface area contributed by atoms with Crippen molar-refractivity contribution in [2.45, 2.75) is 6.04 Å². The molecule has 0 saturated carbocycles. The number of para-hydroxylation sites is 3. The van der Waals surface area contributed by atoms with Crippen LogP contribution in [-0.4, -0.2) is 56.6 Å². The lowest BCUT2D eigenvalue weighted by atomic mass is 10.0. The molecule has 1 atom stereocenters. The average Bonchev–Trinajstić information content (AvgIpc) is 2.75. The van der Waals surface area contributed by atoms with Crippen LogP contribution in [0.3, 0.4) is 0 Å². The lowest BCUT2D eigenvalue weighted by Gasteiger charge is -2.38. The first-order valence-electron chi connectivity index (χ1n) is 9.34. The van der Waals surface area contributed by atoms with Gasteiger partial charge in [0, 0.05) is 25.2 Å². The monoisotopic (exact) mass is 417 g/mol. The molecule has 0 radical (unpaired) electrons. The molecule has 0 aliphatic carbocycles. The van der Waals surface area contributed by atoms with Gasteiger partial charge in [0.1, 0.15) is 18.0 Å². The lowest BCUT2D eigenvalue weighted by Crippen LogP contribution is -2.53. The predicted octanol–water partition coefficient (Wildman–Crippen LogP) is 2.02. The fourth-order valence-electron chi connectivity index (χ4n) is 3.78. The molecule has 2 aromatic carbocycles. The number of halogens is 1. The van der Waals surface area contributed by atoms with Crippen molar-refractivity contribution < 1.29 is 19.1 Å². The molecular weight excluding hydrogens is 394 g/mol. The molecule has 0 spiro atoms. The summed E-state index contributed by atoms with van der Waals surface area (Å²) in [4.78, 5) is 29.0. The molecule has 1 fully saturated rings. The van der Waals surface area contributed by atoms with Crippen LogP contribution in [-0.2, 0) is 9.59 Å². The van der Waals surface area contributed by atoms with Gasteiger partial charge in [-0.3, -0.25) is 14.5 Å². The molecule has 154 valence electrons. The van der Waals surface area contributed by atoms with Crippen LogP contribution in [0.4, 0.5) is 5.69 Å². The van der Waals surface area contributed by atoms with Crippen LogP contribution in [0.2, 0.25) is 0 Å². The van der Waals surface area contributed by atoms with E-state index in [4.69, 9.17) is 9.47 Å². The Kier molecular flexibility index (Phi) is 6.61. The summed E-state index contributed by atoms with van der Waals surface area (Å²) in [5.74, 6) is 1.07. The SMILES string of the molecule is COc1ccccc1C1CNCCN1C(=O)CN1C(=O)COc2ccccc21.Cl. The first-order valence-corrected chi connectivity index (χ1v) is 9.34. The van der Waals surface area contributed by atoms with E-state index in [9.17, 15) is 9.59 Å². The molecule has 1 unspecified atom stereocenters. The number of amides is 2. The summed E-state index contributed by atoms with van der Waals surface area (Å²) < 4.78 is 11.0. The highest BCUT2D eigenvalue weighted by Gasteiger charge is 2.33. The number of benzene rings is 2. The van der Waals surface area contributed by atoms with Crippen molar-refractivity contribution in [3.05, 3.63) is 54.1 Å². The topological polar surface area (TPSA) is 71.1 Å². The van der Waals surface area contributed by atoms with E-state index in [0.717, 1.165) is 11.3 Å². The van der Waals surface area contributed by atoms with Crippen molar-refractivity contribution in [1.29, 1.82) is 0 Å². The number of nitrogens with zero attached hydrogens (tertiary/aromatic N) is 2. The van der Waals surface area contributed by atoms with E-state index in [1.165, 1.54) is 4.90 Å². The van der Waals surface area contributed by atoms with Crippen LogP contribution < -0.4 is 19.7 Å². The fourth-order valence-corrected chi connectivity index (χ4v) is 3.78. The van der Waals surface area contributed by atoms with E-state index >= 15 is 0 Å². The Hall–Kier alpha value is -2.77. The summed E-state index contributed by atoms with van der Waals surface area (Å²) >= 11 is 0. The molecule has 2 heterocycles. The third-order valence-corrected chi connectivity index (χ3v) is 5.16. The van der Waals surface area contributed by atoms with Crippen LogP contribution >= 0.6 is 12.4 Å². The van der Waals surface area contributed by atoms with Crippen molar-refractivity contribution >= 4 is 29.9 Å². The van der Waals surface area contributed by atoms with Crippen molar-refractivity contribution in [1.82, 2.24) is 10.2 Å². The third kappa shape index (κ3) is 4.16. The molecule has 2 aliphatic rings. The smallest absolute Gasteiger partial charge is 0.265 e. The van der Waals surface area contributed by atoms with E-state index in [1.54, 1.807) is 13.2 Å². The number of nitrogens with one attached hydrogen (secondary N) is 1. The van der Waals surface area contributed by atoms with Gasteiger partial charge in [-0.15, -0.1) is 12.4 Å². The number of fused-ring (bicyclic) bond motifs is 1. The fraction of sp³-hybridized carbons (Fsp3) is 0.333. The first kappa shape index (κ1) is 21.0. The Morgan fingerprint density at radius 2 is 1.97 bits per heavy atom. The zero-order valence-corrected chi connectivity index (χ0v) is 17.0. The molecule has 8 heteroatoms. The molecular formula is C21H24ClN3O4. The maximum atomic E-state index is 13.2. The van der Waals surface area contributed by atoms with Gasteiger partial charge in [-0.1, -0.05) is 30.3 Å². The summed E-state index contributed by atoms with van der Waals surface area (Å²) in [6.07, 6.45) is 0. The van der Waals surface area contributed by atoms with Gasteiger partial charge in [-0.25, -0.2) is 0 Å². The number of hydrogen-bond acceptors (Lipinski definition) is 5. The largest absolute Gasteiger partial charge is 0.496 e. The maximum absolute atomic E-state index is 13.2. The summed E-state index contributed by atoms with van der Waals surface area (Å²) in [5.41, 5.74) is 1.59. The van der Waals surface area contributed by atoms with Gasteiger partial charge in [-0.2, -0.15) is 0 Å². The van der Waals surface area contributed by atoms with Gasteiger partial charge in [0.25, 0.3) is 5.91 Å². The molecule has 7 nitrogen and oxygen atoms in total. The minimum absolute atomic E-state index is 0. The Morgan fingerprint density at radius 3 is 2.79 bits per heavy atom. The molecule has 0 aromatic heterocycles. The van der Waals surface area contributed by atoms with Gasteiger partial charge in [0.2, 0.25) is 5.91 Å². The van der Waals surface area contributed by atoms with Gasteiger partial charge in [-0.05, 0) is 18.2 Å². The predicted molar refractivity (Wildman–Crippen MR) is 112 cm³/mol. The van der Waals surface area contributed by atoms with E-state index in [-0.39, 0.29) is 43.4 Å². The minimum atomic E-state index is -0.212. The number of piperazine rings is 1. The molecule has 2 aliphatic heterocycles. The van der Waals surface area contributed by atoms with Crippen molar-refractivity contribution in [3.63, 3.8) is 0 Å². The van der Waals surface area contributed by atoms with Gasteiger partial charge in [0.15, 0.2) is 6.61 Å². The van der Waals surface area contributed by atoms with Crippen LogP contribution in [0.5, 0.6) is 11.5 Å². The summed E-state index contributed by atoms with van der Waals surface area (Å²) in [6.45, 7) is 1.86. The standard InChI is InChI=1S/C21H23N3O4.ClH/c1-27-18-8-4-2-6-15(18)17-12-22-10-11-23(17)20(25)13-24-16-7-3-5-9-19(16)28-14-21(24)26;/h2-9,17,22H,10-14H2,1H3;1H. The molecule has 1 saturated heterocycles. The second-order valence-corrected chi connectivity index (χ2v) is 6.79. The van der Waals surface area contributed by atoms with Crippen molar-refractivity contribution in [2.24, 2.45) is 0 Å². The minimum Gasteiger partial charge on any atom is -0.496 e. The zero-order chi connectivity index (χ0) is 19.5. The summed E-state index contributed by atoms with van der Waals surface area (Å²) in [7, 11) is 1.63.